The van der Waals surface area contributed by atoms with Gasteiger partial charge in [0.05, 0.1) is 11.9 Å². The Bertz CT molecular complexity index is 737. The first-order chi connectivity index (χ1) is 9.95. The maximum absolute atomic E-state index is 11.8. The zero-order valence-corrected chi connectivity index (χ0v) is 12.9. The van der Waals surface area contributed by atoms with Crippen LogP contribution >= 0.6 is 0 Å². The summed E-state index contributed by atoms with van der Waals surface area (Å²) in [7, 11) is -3.24. The molecule has 1 saturated heterocycles. The van der Waals surface area contributed by atoms with Crippen LogP contribution in [-0.4, -0.2) is 42.9 Å². The van der Waals surface area contributed by atoms with Crippen molar-refractivity contribution in [2.75, 3.05) is 24.2 Å². The van der Waals surface area contributed by atoms with Gasteiger partial charge in [0.2, 0.25) is 0 Å². The van der Waals surface area contributed by atoms with Gasteiger partial charge in [0.1, 0.15) is 10.7 Å². The van der Waals surface area contributed by atoms with Gasteiger partial charge >= 0.3 is 0 Å². The number of rotatable bonds is 3. The molecule has 2 aromatic heterocycles. The lowest BCUT2D eigenvalue weighted by molar-refractivity contribution is 0.598. The Labute approximate surface area is 124 Å². The predicted molar refractivity (Wildman–Crippen MR) is 80.2 cm³/mol. The summed E-state index contributed by atoms with van der Waals surface area (Å²) in [6.07, 6.45) is 5.36. The summed E-state index contributed by atoms with van der Waals surface area (Å²) in [6.45, 7) is 3.62. The van der Waals surface area contributed by atoms with Crippen LogP contribution in [0.15, 0.2) is 29.4 Å². The summed E-state index contributed by atoms with van der Waals surface area (Å²) >= 11 is 0. The van der Waals surface area contributed by atoms with E-state index in [1.165, 1.54) is 12.5 Å². The van der Waals surface area contributed by atoms with Gasteiger partial charge in [-0.2, -0.15) is 5.10 Å². The summed E-state index contributed by atoms with van der Waals surface area (Å²) in [5.41, 5.74) is 1.84. The van der Waals surface area contributed by atoms with E-state index in [1.807, 2.05) is 25.3 Å². The van der Waals surface area contributed by atoms with Crippen LogP contribution < -0.4 is 4.90 Å². The largest absolute Gasteiger partial charge is 0.356 e. The smallest absolute Gasteiger partial charge is 0.178 e. The molecule has 0 bridgehead atoms. The van der Waals surface area contributed by atoms with E-state index >= 15 is 0 Å². The van der Waals surface area contributed by atoms with E-state index in [4.69, 9.17) is 0 Å². The molecule has 1 fully saturated rings. The molecule has 1 N–H and O–H groups in total. The summed E-state index contributed by atoms with van der Waals surface area (Å²) < 4.78 is 23.5. The van der Waals surface area contributed by atoms with Gasteiger partial charge in [0.25, 0.3) is 0 Å². The van der Waals surface area contributed by atoms with Gasteiger partial charge in [-0.3, -0.25) is 5.10 Å². The highest BCUT2D eigenvalue weighted by Crippen LogP contribution is 2.32. The molecular weight excluding hydrogens is 288 g/mol. The summed E-state index contributed by atoms with van der Waals surface area (Å²) in [5.74, 6) is 1.07. The van der Waals surface area contributed by atoms with Crippen molar-refractivity contribution in [2.45, 2.75) is 24.2 Å². The Morgan fingerprint density at radius 2 is 2.14 bits per heavy atom. The van der Waals surface area contributed by atoms with Gasteiger partial charge in [-0.1, -0.05) is 6.07 Å². The Morgan fingerprint density at radius 1 is 1.33 bits per heavy atom. The molecule has 1 aliphatic rings. The van der Waals surface area contributed by atoms with Crippen LogP contribution in [0.3, 0.4) is 0 Å². The number of aromatic amines is 1. The molecule has 3 rings (SSSR count). The fourth-order valence-electron chi connectivity index (χ4n) is 2.72. The van der Waals surface area contributed by atoms with Crippen molar-refractivity contribution in [1.82, 2.24) is 15.2 Å². The Balaban J connectivity index is 1.82. The van der Waals surface area contributed by atoms with Crippen LogP contribution in [-0.2, 0) is 9.84 Å². The van der Waals surface area contributed by atoms with Crippen LogP contribution in [0.4, 0.5) is 5.82 Å². The number of nitrogens with one attached hydrogen (secondary N) is 1. The molecule has 0 amide bonds. The highest BCUT2D eigenvalue weighted by Gasteiger charge is 2.30. The van der Waals surface area contributed by atoms with Crippen molar-refractivity contribution in [3.63, 3.8) is 0 Å². The molecule has 1 unspecified atom stereocenters. The number of hydrogen-bond donors (Lipinski definition) is 1. The maximum atomic E-state index is 11.8. The number of pyridine rings is 1. The minimum absolute atomic E-state index is 0.139. The number of anilines is 1. The second-order valence-electron chi connectivity index (χ2n) is 5.55. The quantitative estimate of drug-likeness (QED) is 0.930. The first-order valence-corrected chi connectivity index (χ1v) is 8.75. The predicted octanol–water partition coefficient (Wildman–Crippen LogP) is 1.51. The van der Waals surface area contributed by atoms with Gasteiger partial charge in [-0.05, 0) is 25.0 Å². The molecule has 0 saturated carbocycles. The van der Waals surface area contributed by atoms with Gasteiger partial charge in [0, 0.05) is 31.5 Å². The van der Waals surface area contributed by atoms with E-state index in [0.29, 0.717) is 10.6 Å². The summed E-state index contributed by atoms with van der Waals surface area (Å²) in [4.78, 5) is 6.92. The van der Waals surface area contributed by atoms with Crippen LogP contribution in [0.5, 0.6) is 0 Å². The lowest BCUT2D eigenvalue weighted by atomic mass is 10.1. The molecule has 0 aliphatic carbocycles. The van der Waals surface area contributed by atoms with Gasteiger partial charge in [0.15, 0.2) is 9.84 Å². The topological polar surface area (TPSA) is 79.0 Å². The van der Waals surface area contributed by atoms with Crippen molar-refractivity contribution in [3.05, 3.63) is 35.8 Å². The number of H-pyrrole nitrogens is 1. The fraction of sp³-hybridized carbons (Fsp3) is 0.429. The van der Waals surface area contributed by atoms with Crippen LogP contribution in [0.25, 0.3) is 0 Å². The Kier molecular flexibility index (Phi) is 3.44. The van der Waals surface area contributed by atoms with E-state index in [1.54, 1.807) is 0 Å². The van der Waals surface area contributed by atoms with Gasteiger partial charge < -0.3 is 4.90 Å². The third-order valence-electron chi connectivity index (χ3n) is 3.85. The minimum Gasteiger partial charge on any atom is -0.356 e. The standard InChI is InChI=1S/C14H18N4O2S/c1-10-3-4-13(15-7-10)18-6-5-11(9-18)14-12(8-16-17-14)21(2,19)20/h3-4,7-8,11H,5-6,9H2,1-2H3,(H,16,17). The monoisotopic (exact) mass is 306 g/mol. The van der Waals surface area contributed by atoms with Crippen molar-refractivity contribution >= 4 is 15.7 Å². The SMILES string of the molecule is Cc1ccc(N2CCC(c3[nH]ncc3S(C)(=O)=O)C2)nc1. The van der Waals surface area contributed by atoms with Crippen LogP contribution in [0.1, 0.15) is 23.6 Å². The number of aromatic nitrogens is 3. The van der Waals surface area contributed by atoms with E-state index < -0.39 is 9.84 Å². The highest BCUT2D eigenvalue weighted by molar-refractivity contribution is 7.90. The van der Waals surface area contributed by atoms with Crippen molar-refractivity contribution in [1.29, 1.82) is 0 Å². The normalized spacial score (nSPS) is 19.1. The maximum Gasteiger partial charge on any atom is 0.178 e. The Morgan fingerprint density at radius 3 is 2.81 bits per heavy atom. The van der Waals surface area contributed by atoms with E-state index in [9.17, 15) is 8.42 Å². The zero-order chi connectivity index (χ0) is 15.0. The Hall–Kier alpha value is -1.89. The highest BCUT2D eigenvalue weighted by atomic mass is 32.2. The van der Waals surface area contributed by atoms with Crippen molar-refractivity contribution in [3.8, 4) is 0 Å². The molecule has 7 heteroatoms. The molecule has 21 heavy (non-hydrogen) atoms. The molecular formula is C14H18N4O2S. The van der Waals surface area contributed by atoms with Crippen molar-refractivity contribution in [2.24, 2.45) is 0 Å². The fourth-order valence-corrected chi connectivity index (χ4v) is 3.58. The molecule has 2 aromatic rings. The number of sulfone groups is 1. The third kappa shape index (κ3) is 2.78. The third-order valence-corrected chi connectivity index (χ3v) is 4.97. The average molecular weight is 306 g/mol. The van der Waals surface area contributed by atoms with Crippen LogP contribution in [0.2, 0.25) is 0 Å². The molecule has 1 atom stereocenters. The average Bonchev–Trinajstić information content (AvgIpc) is 3.07. The molecule has 0 radical (unpaired) electrons. The zero-order valence-electron chi connectivity index (χ0n) is 12.1. The molecule has 6 nitrogen and oxygen atoms in total. The second-order valence-corrected chi connectivity index (χ2v) is 7.53. The lowest BCUT2D eigenvalue weighted by Crippen LogP contribution is -2.20. The summed E-state index contributed by atoms with van der Waals surface area (Å²) in [6, 6.07) is 4.04. The van der Waals surface area contributed by atoms with Crippen molar-refractivity contribution < 1.29 is 8.42 Å². The first-order valence-electron chi connectivity index (χ1n) is 6.86. The molecule has 3 heterocycles. The van der Waals surface area contributed by atoms with E-state index in [2.05, 4.69) is 20.1 Å². The number of nitrogens with zero attached hydrogens (tertiary/aromatic N) is 3. The van der Waals surface area contributed by atoms with Gasteiger partial charge in [-0.15, -0.1) is 0 Å². The molecule has 112 valence electrons. The summed E-state index contributed by atoms with van der Waals surface area (Å²) in [5, 5.41) is 6.76. The lowest BCUT2D eigenvalue weighted by Gasteiger charge is -2.17. The first kappa shape index (κ1) is 14.1. The van der Waals surface area contributed by atoms with E-state index in [-0.39, 0.29) is 5.92 Å². The second kappa shape index (κ2) is 5.14. The molecule has 1 aliphatic heterocycles. The minimum atomic E-state index is -3.24. The van der Waals surface area contributed by atoms with E-state index in [0.717, 1.165) is 30.9 Å². The number of hydrogen-bond acceptors (Lipinski definition) is 5. The van der Waals surface area contributed by atoms with Crippen LogP contribution in [0, 0.1) is 6.92 Å². The van der Waals surface area contributed by atoms with Gasteiger partial charge in [-0.25, -0.2) is 13.4 Å². The molecule has 0 aromatic carbocycles. The number of aryl methyl sites for hydroxylation is 1. The molecule has 0 spiro atoms.